The summed E-state index contributed by atoms with van der Waals surface area (Å²) in [4.78, 5) is 27.7. The molecule has 1 amide bonds. The maximum Gasteiger partial charge on any atom is 0.295 e. The van der Waals surface area contributed by atoms with E-state index < -0.39 is 17.7 Å². The van der Waals surface area contributed by atoms with Crippen molar-refractivity contribution in [2.45, 2.75) is 13.0 Å². The molecule has 0 spiro atoms. The smallest absolute Gasteiger partial charge is 0.295 e. The first-order valence-electron chi connectivity index (χ1n) is 11.7. The van der Waals surface area contributed by atoms with Crippen LogP contribution in [-0.2, 0) is 14.3 Å². The van der Waals surface area contributed by atoms with E-state index in [1.807, 2.05) is 6.92 Å². The quantitative estimate of drug-likeness (QED) is 0.231. The maximum atomic E-state index is 13.2. The van der Waals surface area contributed by atoms with Crippen LogP contribution in [0.1, 0.15) is 24.1 Å². The number of methoxy groups -OCH3 is 1. The first kappa shape index (κ1) is 25.1. The van der Waals surface area contributed by atoms with Gasteiger partial charge in [-0.3, -0.25) is 9.59 Å². The number of hydrogen-bond acceptors (Lipinski definition) is 8. The van der Waals surface area contributed by atoms with E-state index in [0.717, 1.165) is 0 Å². The Hall–Kier alpha value is -3.98. The summed E-state index contributed by atoms with van der Waals surface area (Å²) in [6.45, 7) is 7.35. The standard InChI is InChI=1S/C27H29NO8/c1-4-11-34-19-8-6-17(15-21(19)33-5-2)24-23(26(30)27(31)28(24)10-12-32-3)25(29)18-7-9-20-22(16-18)36-14-13-35-20/h4,6-9,15-16,24,29H,1,5,10-14H2,2-3H3/b25-23+/t24-/m1/s1. The fourth-order valence-electron chi connectivity index (χ4n) is 4.22. The number of benzene rings is 2. The molecule has 1 fully saturated rings. The maximum absolute atomic E-state index is 13.2. The van der Waals surface area contributed by atoms with Gasteiger partial charge in [0.05, 0.1) is 24.8 Å². The molecule has 1 atom stereocenters. The molecular weight excluding hydrogens is 466 g/mol. The summed E-state index contributed by atoms with van der Waals surface area (Å²) in [6, 6.07) is 9.20. The highest BCUT2D eigenvalue weighted by molar-refractivity contribution is 6.46. The molecule has 2 aromatic carbocycles. The average Bonchev–Trinajstić information content (AvgIpc) is 3.15. The van der Waals surface area contributed by atoms with Crippen molar-refractivity contribution in [2.24, 2.45) is 0 Å². The number of rotatable bonds is 10. The molecule has 1 N–H and O–H groups in total. The Bertz CT molecular complexity index is 1190. The summed E-state index contributed by atoms with van der Waals surface area (Å²) in [7, 11) is 1.51. The van der Waals surface area contributed by atoms with Crippen molar-refractivity contribution in [1.29, 1.82) is 0 Å². The molecule has 2 heterocycles. The lowest BCUT2D eigenvalue weighted by atomic mass is 9.94. The number of ether oxygens (including phenoxy) is 5. The van der Waals surface area contributed by atoms with Crippen LogP contribution < -0.4 is 18.9 Å². The average molecular weight is 496 g/mol. The summed E-state index contributed by atoms with van der Waals surface area (Å²) >= 11 is 0. The van der Waals surface area contributed by atoms with E-state index in [4.69, 9.17) is 23.7 Å². The fraction of sp³-hybridized carbons (Fsp3) is 0.333. The van der Waals surface area contributed by atoms with Gasteiger partial charge in [0.25, 0.3) is 11.7 Å². The van der Waals surface area contributed by atoms with Gasteiger partial charge in [0.2, 0.25) is 0 Å². The predicted octanol–water partition coefficient (Wildman–Crippen LogP) is 3.49. The van der Waals surface area contributed by atoms with E-state index in [9.17, 15) is 14.7 Å². The minimum Gasteiger partial charge on any atom is -0.507 e. The third-order valence-corrected chi connectivity index (χ3v) is 5.83. The van der Waals surface area contributed by atoms with Crippen molar-refractivity contribution in [3.05, 3.63) is 65.8 Å². The Morgan fingerprint density at radius 3 is 2.61 bits per heavy atom. The topological polar surface area (TPSA) is 104 Å². The second-order valence-electron chi connectivity index (χ2n) is 8.08. The normalized spacial score (nSPS) is 18.3. The Balaban J connectivity index is 1.83. The van der Waals surface area contributed by atoms with Gasteiger partial charge in [0.1, 0.15) is 25.6 Å². The van der Waals surface area contributed by atoms with Crippen LogP contribution in [0.3, 0.4) is 0 Å². The predicted molar refractivity (Wildman–Crippen MR) is 132 cm³/mol. The number of carbonyl (C=O) groups is 2. The third kappa shape index (κ3) is 4.87. The van der Waals surface area contributed by atoms with Gasteiger partial charge in [-0.1, -0.05) is 18.7 Å². The summed E-state index contributed by atoms with van der Waals surface area (Å²) in [5.41, 5.74) is 0.888. The molecule has 2 aromatic rings. The number of amides is 1. The van der Waals surface area contributed by atoms with Crippen molar-refractivity contribution in [2.75, 3.05) is 46.7 Å². The number of fused-ring (bicyclic) bond motifs is 1. The van der Waals surface area contributed by atoms with Gasteiger partial charge in [0.15, 0.2) is 23.0 Å². The highest BCUT2D eigenvalue weighted by Gasteiger charge is 2.46. The van der Waals surface area contributed by atoms with Gasteiger partial charge in [0, 0.05) is 19.2 Å². The zero-order chi connectivity index (χ0) is 25.7. The van der Waals surface area contributed by atoms with Crippen molar-refractivity contribution in [3.63, 3.8) is 0 Å². The highest BCUT2D eigenvalue weighted by Crippen LogP contribution is 2.43. The number of aliphatic hydroxyl groups is 1. The second-order valence-corrected chi connectivity index (χ2v) is 8.08. The molecule has 9 heteroatoms. The molecule has 0 aliphatic carbocycles. The Morgan fingerprint density at radius 1 is 1.11 bits per heavy atom. The van der Waals surface area contributed by atoms with Crippen LogP contribution in [0.4, 0.5) is 0 Å². The molecule has 0 aromatic heterocycles. The van der Waals surface area contributed by atoms with Gasteiger partial charge in [-0.2, -0.15) is 0 Å². The zero-order valence-electron chi connectivity index (χ0n) is 20.3. The molecule has 0 bridgehead atoms. The number of Topliss-reactive ketones (excluding diaryl/α,β-unsaturated/α-hetero) is 1. The van der Waals surface area contributed by atoms with Crippen LogP contribution >= 0.6 is 0 Å². The minimum atomic E-state index is -0.860. The molecule has 0 unspecified atom stereocenters. The van der Waals surface area contributed by atoms with Crippen LogP contribution in [-0.4, -0.2) is 68.4 Å². The van der Waals surface area contributed by atoms with E-state index in [2.05, 4.69) is 6.58 Å². The fourth-order valence-corrected chi connectivity index (χ4v) is 4.22. The molecular formula is C27H29NO8. The number of nitrogens with zero attached hydrogens (tertiary/aromatic N) is 1. The van der Waals surface area contributed by atoms with Crippen molar-refractivity contribution in [1.82, 2.24) is 4.90 Å². The van der Waals surface area contributed by atoms with Crippen LogP contribution in [0.5, 0.6) is 23.0 Å². The Morgan fingerprint density at radius 2 is 1.89 bits per heavy atom. The van der Waals surface area contributed by atoms with E-state index in [1.165, 1.54) is 12.0 Å². The lowest BCUT2D eigenvalue weighted by Gasteiger charge is -2.26. The summed E-state index contributed by atoms with van der Waals surface area (Å²) in [5, 5.41) is 11.3. The molecule has 2 aliphatic heterocycles. The Labute approximate surface area is 209 Å². The lowest BCUT2D eigenvalue weighted by Crippen LogP contribution is -2.32. The van der Waals surface area contributed by atoms with E-state index in [1.54, 1.807) is 42.5 Å². The number of carbonyl (C=O) groups excluding carboxylic acids is 2. The molecule has 190 valence electrons. The van der Waals surface area contributed by atoms with Gasteiger partial charge >= 0.3 is 0 Å². The van der Waals surface area contributed by atoms with Gasteiger partial charge in [-0.05, 0) is 42.8 Å². The van der Waals surface area contributed by atoms with E-state index >= 15 is 0 Å². The number of aliphatic hydroxyl groups excluding tert-OH is 1. The van der Waals surface area contributed by atoms with Crippen LogP contribution in [0, 0.1) is 0 Å². The van der Waals surface area contributed by atoms with Crippen LogP contribution in [0.15, 0.2) is 54.6 Å². The Kier molecular flexibility index (Phi) is 7.80. The zero-order valence-corrected chi connectivity index (χ0v) is 20.3. The van der Waals surface area contributed by atoms with Crippen molar-refractivity contribution in [3.8, 4) is 23.0 Å². The molecule has 2 aliphatic rings. The second kappa shape index (κ2) is 11.2. The number of likely N-dealkylation sites (tertiary alicyclic amines) is 1. The van der Waals surface area contributed by atoms with Crippen LogP contribution in [0.25, 0.3) is 5.76 Å². The van der Waals surface area contributed by atoms with Gasteiger partial charge in [-0.15, -0.1) is 0 Å². The summed E-state index contributed by atoms with van der Waals surface area (Å²) < 4.78 is 27.8. The molecule has 36 heavy (non-hydrogen) atoms. The summed E-state index contributed by atoms with van der Waals surface area (Å²) in [6.07, 6.45) is 1.62. The van der Waals surface area contributed by atoms with E-state index in [0.29, 0.717) is 53.9 Å². The minimum absolute atomic E-state index is 0.0324. The van der Waals surface area contributed by atoms with E-state index in [-0.39, 0.29) is 31.1 Å². The third-order valence-electron chi connectivity index (χ3n) is 5.83. The molecule has 0 radical (unpaired) electrons. The molecule has 0 saturated carbocycles. The molecule has 1 saturated heterocycles. The highest BCUT2D eigenvalue weighted by atomic mass is 16.6. The van der Waals surface area contributed by atoms with Crippen molar-refractivity contribution >= 4 is 17.4 Å². The van der Waals surface area contributed by atoms with Crippen LogP contribution in [0.2, 0.25) is 0 Å². The monoisotopic (exact) mass is 495 g/mol. The lowest BCUT2D eigenvalue weighted by molar-refractivity contribution is -0.140. The first-order valence-corrected chi connectivity index (χ1v) is 11.7. The summed E-state index contributed by atoms with van der Waals surface area (Å²) in [5.74, 6) is 0.147. The molecule has 4 rings (SSSR count). The SMILES string of the molecule is C=CCOc1ccc([C@@H]2/C(=C(\O)c3ccc4c(c3)OCCO4)C(=O)C(=O)N2CCOC)cc1OCC. The number of hydrogen-bond donors (Lipinski definition) is 1. The molecule has 9 nitrogen and oxygen atoms in total. The largest absolute Gasteiger partial charge is 0.507 e. The first-order chi connectivity index (χ1) is 17.5. The number of ketones is 1. The van der Waals surface area contributed by atoms with Gasteiger partial charge in [-0.25, -0.2) is 0 Å². The van der Waals surface area contributed by atoms with Gasteiger partial charge < -0.3 is 33.7 Å². The van der Waals surface area contributed by atoms with Crippen molar-refractivity contribution < 1.29 is 38.4 Å².